The molecular formula is C59H44N4. The number of hydrogen-bond donors (Lipinski definition) is 0. The zero-order valence-electron chi connectivity index (χ0n) is 36.0. The average molecular weight is 809 g/mol. The van der Waals surface area contributed by atoms with Gasteiger partial charge < -0.3 is 18.6 Å². The van der Waals surface area contributed by atoms with Gasteiger partial charge in [0.25, 0.3) is 0 Å². The van der Waals surface area contributed by atoms with Crippen LogP contribution in [0.25, 0.3) is 76.2 Å². The minimum Gasteiger partial charge on any atom is -0.310 e. The van der Waals surface area contributed by atoms with Gasteiger partial charge in [-0.25, -0.2) is 0 Å². The van der Waals surface area contributed by atoms with Gasteiger partial charge in [-0.2, -0.15) is 0 Å². The summed E-state index contributed by atoms with van der Waals surface area (Å²) < 4.78 is 5.08. The second-order valence-electron chi connectivity index (χ2n) is 17.8. The second-order valence-corrected chi connectivity index (χ2v) is 17.8. The van der Waals surface area contributed by atoms with Crippen LogP contribution in [0.5, 0.6) is 0 Å². The van der Waals surface area contributed by atoms with E-state index in [4.69, 9.17) is 0 Å². The van der Waals surface area contributed by atoms with Crippen molar-refractivity contribution in [3.05, 3.63) is 204 Å². The quantitative estimate of drug-likeness (QED) is 0.166. The molecule has 0 radical (unpaired) electrons. The van der Waals surface area contributed by atoms with E-state index in [9.17, 15) is 0 Å². The molecule has 0 saturated heterocycles. The fourth-order valence-electron chi connectivity index (χ4n) is 10.7. The zero-order valence-corrected chi connectivity index (χ0v) is 36.0. The highest BCUT2D eigenvalue weighted by atomic mass is 15.2. The number of aromatic nitrogens is 2. The molecule has 9 aromatic carbocycles. The van der Waals surface area contributed by atoms with Crippen LogP contribution in [0, 0.1) is 34.6 Å². The highest BCUT2D eigenvalue weighted by Gasteiger charge is 2.25. The van der Waals surface area contributed by atoms with E-state index in [1.807, 2.05) is 0 Å². The van der Waals surface area contributed by atoms with Crippen molar-refractivity contribution in [2.24, 2.45) is 0 Å². The highest BCUT2D eigenvalue weighted by molar-refractivity contribution is 6.29. The summed E-state index contributed by atoms with van der Waals surface area (Å²) in [6.07, 6.45) is 0. The Morgan fingerprint density at radius 1 is 0.286 bits per heavy atom. The van der Waals surface area contributed by atoms with E-state index in [1.54, 1.807) is 0 Å². The van der Waals surface area contributed by atoms with Crippen molar-refractivity contribution in [2.75, 3.05) is 9.80 Å². The van der Waals surface area contributed by atoms with Crippen molar-refractivity contribution >= 4 is 110 Å². The van der Waals surface area contributed by atoms with Crippen LogP contribution in [0.3, 0.4) is 0 Å². The smallest absolute Gasteiger partial charge is 0.0620 e. The number of anilines is 6. The van der Waals surface area contributed by atoms with E-state index in [1.165, 1.54) is 115 Å². The van der Waals surface area contributed by atoms with Crippen molar-refractivity contribution in [1.29, 1.82) is 0 Å². The summed E-state index contributed by atoms with van der Waals surface area (Å²) in [5, 5.41) is 10.2. The number of benzene rings is 9. The van der Waals surface area contributed by atoms with Crippen molar-refractivity contribution in [2.45, 2.75) is 34.6 Å². The molecule has 4 nitrogen and oxygen atoms in total. The predicted octanol–water partition coefficient (Wildman–Crippen LogP) is 16.5. The van der Waals surface area contributed by atoms with Gasteiger partial charge in [0, 0.05) is 77.2 Å². The van der Waals surface area contributed by atoms with Crippen LogP contribution in [0.1, 0.15) is 27.8 Å². The largest absolute Gasteiger partial charge is 0.310 e. The van der Waals surface area contributed by atoms with E-state index in [0.29, 0.717) is 0 Å². The maximum Gasteiger partial charge on any atom is 0.0620 e. The molecule has 0 atom stereocenters. The Bertz CT molecular complexity index is 3960. The van der Waals surface area contributed by atoms with E-state index in [-0.39, 0.29) is 0 Å². The van der Waals surface area contributed by atoms with Crippen LogP contribution in [0.4, 0.5) is 34.1 Å². The lowest BCUT2D eigenvalue weighted by atomic mass is 10.0. The molecule has 0 bridgehead atoms. The third kappa shape index (κ3) is 5.09. The molecule has 0 aliphatic rings. The molecule has 0 amide bonds. The van der Waals surface area contributed by atoms with Gasteiger partial charge in [0.2, 0.25) is 0 Å². The van der Waals surface area contributed by atoms with Crippen LogP contribution in [0.2, 0.25) is 0 Å². The van der Waals surface area contributed by atoms with E-state index < -0.39 is 0 Å². The lowest BCUT2D eigenvalue weighted by Gasteiger charge is -2.27. The summed E-state index contributed by atoms with van der Waals surface area (Å²) in [6.45, 7) is 10.9. The molecule has 13 rings (SSSR count). The first-order chi connectivity index (χ1) is 30.8. The zero-order chi connectivity index (χ0) is 42.2. The van der Waals surface area contributed by atoms with Crippen molar-refractivity contribution in [1.82, 2.24) is 8.80 Å². The first-order valence-corrected chi connectivity index (χ1v) is 22.0. The molecule has 0 N–H and O–H groups in total. The minimum atomic E-state index is 1.14. The SMILES string of the molecule is Cc1ccc(N(c2ccc3c4cccc5c6cc7c(cc6n(c3c2)c45)c2cccc3c4ccc(N(c5ccccc5)c5cc(C)ccc5C)cc4n7c32)c2cc(C)ccc2C)cc1. The molecule has 4 aromatic heterocycles. The molecule has 0 aliphatic heterocycles. The van der Waals surface area contributed by atoms with Gasteiger partial charge in [0.05, 0.1) is 33.1 Å². The highest BCUT2D eigenvalue weighted by Crippen LogP contribution is 2.47. The number of fused-ring (bicyclic) bond motifs is 12. The Hall–Kier alpha value is -7.82. The first kappa shape index (κ1) is 35.9. The summed E-state index contributed by atoms with van der Waals surface area (Å²) in [5.41, 5.74) is 20.6. The van der Waals surface area contributed by atoms with Crippen LogP contribution >= 0.6 is 0 Å². The van der Waals surface area contributed by atoms with Crippen LogP contribution in [-0.2, 0) is 0 Å². The summed E-state index contributed by atoms with van der Waals surface area (Å²) in [5.74, 6) is 0. The van der Waals surface area contributed by atoms with Crippen molar-refractivity contribution in [3.63, 3.8) is 0 Å². The molecule has 63 heavy (non-hydrogen) atoms. The van der Waals surface area contributed by atoms with E-state index >= 15 is 0 Å². The third-order valence-corrected chi connectivity index (χ3v) is 13.8. The van der Waals surface area contributed by atoms with Gasteiger partial charge in [-0.1, -0.05) is 109 Å². The normalized spacial score (nSPS) is 12.2. The van der Waals surface area contributed by atoms with Gasteiger partial charge in [-0.15, -0.1) is 0 Å². The van der Waals surface area contributed by atoms with Crippen LogP contribution in [-0.4, -0.2) is 8.80 Å². The summed E-state index contributed by atoms with van der Waals surface area (Å²) in [4.78, 5) is 4.85. The van der Waals surface area contributed by atoms with Gasteiger partial charge in [0.1, 0.15) is 0 Å². The van der Waals surface area contributed by atoms with E-state index in [0.717, 1.165) is 22.7 Å². The lowest BCUT2D eigenvalue weighted by Crippen LogP contribution is -2.11. The van der Waals surface area contributed by atoms with Crippen molar-refractivity contribution < 1.29 is 0 Å². The lowest BCUT2D eigenvalue weighted by molar-refractivity contribution is 1.23. The average Bonchev–Trinajstić information content (AvgIpc) is 4.02. The predicted molar refractivity (Wildman–Crippen MR) is 269 cm³/mol. The standard InChI is InChI=1S/C59H44N4/c1-35-19-23-41(24-20-35)61(53-30-37(3)18-22-39(53)5)43-26-28-45-47-14-10-16-49-51-33-56-50(34-57(51)63(59(47)49)55(45)32-43)48-15-9-13-46-44-27-25-42(31-54(44)62(56)58(46)48)60(40-11-7-6-8-12-40)52-29-36(2)17-21-38(52)4/h6-34H,1-5H3. The fourth-order valence-corrected chi connectivity index (χ4v) is 10.7. The molecule has 13 aromatic rings. The van der Waals surface area contributed by atoms with Gasteiger partial charge >= 0.3 is 0 Å². The number of para-hydroxylation sites is 3. The molecule has 300 valence electrons. The molecule has 0 fully saturated rings. The minimum absolute atomic E-state index is 1.14. The fraction of sp³-hybridized carbons (Fsp3) is 0.0847. The Labute approximate surface area is 365 Å². The molecule has 4 heterocycles. The molecule has 0 unspecified atom stereocenters. The maximum absolute atomic E-state index is 2.54. The van der Waals surface area contributed by atoms with Gasteiger partial charge in [0.15, 0.2) is 0 Å². The van der Waals surface area contributed by atoms with Crippen LogP contribution < -0.4 is 9.80 Å². The van der Waals surface area contributed by atoms with Gasteiger partial charge in [-0.3, -0.25) is 0 Å². The van der Waals surface area contributed by atoms with Gasteiger partial charge in [-0.05, 0) is 130 Å². The molecular weight excluding hydrogens is 765 g/mol. The number of hydrogen-bond acceptors (Lipinski definition) is 2. The summed E-state index contributed by atoms with van der Waals surface area (Å²) >= 11 is 0. The Morgan fingerprint density at radius 3 is 1.16 bits per heavy atom. The summed E-state index contributed by atoms with van der Waals surface area (Å²) in [6, 6.07) is 66.0. The first-order valence-electron chi connectivity index (χ1n) is 22.0. The molecule has 0 spiro atoms. The topological polar surface area (TPSA) is 15.3 Å². The molecule has 4 heteroatoms. The van der Waals surface area contributed by atoms with E-state index in [2.05, 4.69) is 229 Å². The van der Waals surface area contributed by atoms with Crippen molar-refractivity contribution in [3.8, 4) is 0 Å². The molecule has 0 aliphatic carbocycles. The van der Waals surface area contributed by atoms with Crippen LogP contribution in [0.15, 0.2) is 176 Å². The Kier molecular flexibility index (Phi) is 7.46. The second kappa shape index (κ2) is 13.1. The number of rotatable bonds is 6. The Morgan fingerprint density at radius 2 is 0.683 bits per heavy atom. The monoisotopic (exact) mass is 808 g/mol. The summed E-state index contributed by atoms with van der Waals surface area (Å²) in [7, 11) is 0. The Balaban J connectivity index is 1.08. The number of nitrogens with zero attached hydrogens (tertiary/aromatic N) is 4. The maximum atomic E-state index is 2.54. The third-order valence-electron chi connectivity index (χ3n) is 13.8. The molecule has 0 saturated carbocycles. The number of aryl methyl sites for hydroxylation is 5.